The number of nitrogens with zero attached hydrogens (tertiary/aromatic N) is 6. The molecular weight excluding hydrogens is 387 g/mol. The number of fused-ring (bicyclic) bond motifs is 2. The summed E-state index contributed by atoms with van der Waals surface area (Å²) < 4.78 is 15.5. The van der Waals surface area contributed by atoms with Crippen LogP contribution in [0.2, 0.25) is 0 Å². The number of benzene rings is 2. The van der Waals surface area contributed by atoms with Crippen LogP contribution in [0.4, 0.5) is 4.39 Å². The summed E-state index contributed by atoms with van der Waals surface area (Å²) in [4.78, 5) is 24.3. The Labute approximate surface area is 168 Å². The van der Waals surface area contributed by atoms with Gasteiger partial charge in [-0.3, -0.25) is 4.98 Å². The molecule has 0 radical (unpaired) electrons. The predicted molar refractivity (Wildman–Crippen MR) is 106 cm³/mol. The summed E-state index contributed by atoms with van der Waals surface area (Å²) in [5.41, 5.74) is 3.11. The topological polar surface area (TPSA) is 107 Å². The molecule has 3 heterocycles. The van der Waals surface area contributed by atoms with E-state index >= 15 is 0 Å². The van der Waals surface area contributed by atoms with Crippen molar-refractivity contribution in [2.24, 2.45) is 0 Å². The lowest BCUT2D eigenvalue weighted by molar-refractivity contribution is 0.0696. The van der Waals surface area contributed by atoms with Crippen molar-refractivity contribution >= 4 is 28.2 Å². The highest BCUT2D eigenvalue weighted by atomic mass is 19.1. The Kier molecular flexibility index (Phi) is 4.13. The van der Waals surface area contributed by atoms with Crippen LogP contribution in [-0.4, -0.2) is 41.0 Å². The molecule has 0 saturated heterocycles. The van der Waals surface area contributed by atoms with Gasteiger partial charge in [-0.15, -0.1) is 5.10 Å². The van der Waals surface area contributed by atoms with Gasteiger partial charge in [-0.2, -0.15) is 0 Å². The Morgan fingerprint density at radius 3 is 2.87 bits per heavy atom. The standard InChI is InChI=1S/C21H13FN6O2/c22-16-8-14(7-15(9-16)21(29)30)18-10-24-19-20(25-18)28(27-26-19)11-12-3-4-17-13(6-12)2-1-5-23-17/h1-10H,11H2,(H,29,30). The van der Waals surface area contributed by atoms with E-state index in [2.05, 4.69) is 25.3 Å². The van der Waals surface area contributed by atoms with Crippen LogP contribution in [0.1, 0.15) is 15.9 Å². The van der Waals surface area contributed by atoms with E-state index in [1.54, 1.807) is 10.9 Å². The highest BCUT2D eigenvalue weighted by molar-refractivity contribution is 5.89. The second-order valence-corrected chi connectivity index (χ2v) is 6.71. The van der Waals surface area contributed by atoms with Gasteiger partial charge in [0.1, 0.15) is 5.82 Å². The van der Waals surface area contributed by atoms with Crippen LogP contribution in [0.25, 0.3) is 33.5 Å². The second-order valence-electron chi connectivity index (χ2n) is 6.71. The van der Waals surface area contributed by atoms with E-state index in [1.807, 2.05) is 30.3 Å². The fraction of sp³-hybridized carbons (Fsp3) is 0.0476. The summed E-state index contributed by atoms with van der Waals surface area (Å²) in [6.07, 6.45) is 3.16. The number of carbonyl (C=O) groups is 1. The Bertz CT molecular complexity index is 1430. The molecule has 0 aliphatic rings. The molecule has 0 fully saturated rings. The van der Waals surface area contributed by atoms with E-state index in [9.17, 15) is 14.3 Å². The molecule has 0 saturated carbocycles. The number of rotatable bonds is 4. The molecule has 1 N–H and O–H groups in total. The lowest BCUT2D eigenvalue weighted by Crippen LogP contribution is -2.04. The molecule has 5 aromatic rings. The Balaban J connectivity index is 1.55. The van der Waals surface area contributed by atoms with Crippen molar-refractivity contribution in [3.8, 4) is 11.3 Å². The number of hydrogen-bond donors (Lipinski definition) is 1. The van der Waals surface area contributed by atoms with Gasteiger partial charge < -0.3 is 5.11 Å². The third-order valence-corrected chi connectivity index (χ3v) is 4.67. The first-order valence-electron chi connectivity index (χ1n) is 9.01. The van der Waals surface area contributed by atoms with Gasteiger partial charge in [0.2, 0.25) is 5.65 Å². The van der Waals surface area contributed by atoms with E-state index < -0.39 is 11.8 Å². The average molecular weight is 400 g/mol. The van der Waals surface area contributed by atoms with Crippen LogP contribution in [-0.2, 0) is 6.54 Å². The Morgan fingerprint density at radius 1 is 1.10 bits per heavy atom. The molecule has 0 spiro atoms. The maximum absolute atomic E-state index is 13.9. The SMILES string of the molecule is O=C(O)c1cc(F)cc(-c2cnc3nnn(Cc4ccc5ncccc5c4)c3n2)c1. The summed E-state index contributed by atoms with van der Waals surface area (Å²) in [6, 6.07) is 13.3. The minimum absolute atomic E-state index is 0.164. The van der Waals surface area contributed by atoms with Gasteiger partial charge in [0.25, 0.3) is 0 Å². The number of hydrogen-bond acceptors (Lipinski definition) is 6. The van der Waals surface area contributed by atoms with Crippen LogP contribution in [0.5, 0.6) is 0 Å². The van der Waals surface area contributed by atoms with Gasteiger partial charge in [0.05, 0.1) is 29.5 Å². The Morgan fingerprint density at radius 2 is 2.00 bits per heavy atom. The maximum atomic E-state index is 13.9. The predicted octanol–water partition coefficient (Wildman–Crippen LogP) is 3.32. The molecule has 0 atom stereocenters. The number of aromatic nitrogens is 6. The first kappa shape index (κ1) is 17.8. The van der Waals surface area contributed by atoms with E-state index in [0.29, 0.717) is 29.1 Å². The Hall–Kier alpha value is -4.27. The van der Waals surface area contributed by atoms with Crippen LogP contribution < -0.4 is 0 Å². The summed E-state index contributed by atoms with van der Waals surface area (Å²) >= 11 is 0. The zero-order valence-corrected chi connectivity index (χ0v) is 15.4. The second kappa shape index (κ2) is 6.96. The third kappa shape index (κ3) is 3.22. The molecule has 9 heteroatoms. The van der Waals surface area contributed by atoms with Crippen LogP contribution in [0, 0.1) is 5.82 Å². The quantitative estimate of drug-likeness (QED) is 0.493. The van der Waals surface area contributed by atoms with Gasteiger partial charge >= 0.3 is 5.97 Å². The first-order valence-corrected chi connectivity index (χ1v) is 9.01. The summed E-state index contributed by atoms with van der Waals surface area (Å²) in [7, 11) is 0. The molecule has 30 heavy (non-hydrogen) atoms. The van der Waals surface area contributed by atoms with Crippen molar-refractivity contribution in [1.29, 1.82) is 0 Å². The zero-order chi connectivity index (χ0) is 20.7. The molecule has 0 amide bonds. The fourth-order valence-corrected chi connectivity index (χ4v) is 3.26. The van der Waals surface area contributed by atoms with Crippen LogP contribution >= 0.6 is 0 Å². The maximum Gasteiger partial charge on any atom is 0.335 e. The largest absolute Gasteiger partial charge is 0.478 e. The van der Waals surface area contributed by atoms with E-state index in [0.717, 1.165) is 22.5 Å². The van der Waals surface area contributed by atoms with Gasteiger partial charge in [0, 0.05) is 17.1 Å². The average Bonchev–Trinajstić information content (AvgIpc) is 3.15. The molecular formula is C21H13FN6O2. The number of halogens is 1. The minimum atomic E-state index is -1.22. The van der Waals surface area contributed by atoms with Crippen molar-refractivity contribution in [2.75, 3.05) is 0 Å². The lowest BCUT2D eigenvalue weighted by Gasteiger charge is -2.06. The minimum Gasteiger partial charge on any atom is -0.478 e. The number of carboxylic acids is 1. The van der Waals surface area contributed by atoms with E-state index in [4.69, 9.17) is 0 Å². The van der Waals surface area contributed by atoms with Crippen molar-refractivity contribution < 1.29 is 14.3 Å². The molecule has 0 aliphatic heterocycles. The van der Waals surface area contributed by atoms with Gasteiger partial charge in [-0.25, -0.2) is 23.8 Å². The molecule has 2 aromatic carbocycles. The molecule has 3 aromatic heterocycles. The van der Waals surface area contributed by atoms with Crippen molar-refractivity contribution in [2.45, 2.75) is 6.54 Å². The van der Waals surface area contributed by atoms with Gasteiger partial charge in [-0.05, 0) is 42.0 Å². The number of aromatic carboxylic acids is 1. The molecule has 5 rings (SSSR count). The van der Waals surface area contributed by atoms with Crippen LogP contribution in [0.3, 0.4) is 0 Å². The molecule has 146 valence electrons. The molecule has 0 aliphatic carbocycles. The molecule has 8 nitrogen and oxygen atoms in total. The highest BCUT2D eigenvalue weighted by Crippen LogP contribution is 2.22. The summed E-state index contributed by atoms with van der Waals surface area (Å²) in [5, 5.41) is 18.3. The van der Waals surface area contributed by atoms with E-state index in [1.165, 1.54) is 18.3 Å². The van der Waals surface area contributed by atoms with Crippen molar-refractivity contribution in [3.05, 3.63) is 77.9 Å². The smallest absolute Gasteiger partial charge is 0.335 e. The number of carboxylic acid groups (broad SMARTS) is 1. The van der Waals surface area contributed by atoms with Crippen molar-refractivity contribution in [3.63, 3.8) is 0 Å². The normalized spacial score (nSPS) is 11.2. The summed E-state index contributed by atoms with van der Waals surface area (Å²) in [6.45, 7) is 0.406. The lowest BCUT2D eigenvalue weighted by atomic mass is 10.1. The third-order valence-electron chi connectivity index (χ3n) is 4.67. The van der Waals surface area contributed by atoms with Crippen LogP contribution in [0.15, 0.2) is 60.9 Å². The van der Waals surface area contributed by atoms with Crippen molar-refractivity contribution in [1.82, 2.24) is 29.9 Å². The highest BCUT2D eigenvalue weighted by Gasteiger charge is 2.13. The molecule has 0 bridgehead atoms. The first-order chi connectivity index (χ1) is 14.6. The fourth-order valence-electron chi connectivity index (χ4n) is 3.26. The van der Waals surface area contributed by atoms with E-state index in [-0.39, 0.29) is 5.56 Å². The summed E-state index contributed by atoms with van der Waals surface area (Å²) in [5.74, 6) is -1.88. The monoisotopic (exact) mass is 400 g/mol. The van der Waals surface area contributed by atoms with Gasteiger partial charge in [-0.1, -0.05) is 17.3 Å². The van der Waals surface area contributed by atoms with Gasteiger partial charge in [0.15, 0.2) is 5.65 Å². The number of pyridine rings is 1. The zero-order valence-electron chi connectivity index (χ0n) is 15.4. The molecule has 0 unspecified atom stereocenters.